The number of rotatable bonds is 8. The minimum absolute atomic E-state index is 0.377. The predicted molar refractivity (Wildman–Crippen MR) is 96.7 cm³/mol. The van der Waals surface area contributed by atoms with Crippen LogP contribution >= 0.6 is 0 Å². The molecule has 1 N–H and O–H groups in total. The van der Waals surface area contributed by atoms with E-state index in [-0.39, 0.29) is 5.91 Å². The van der Waals surface area contributed by atoms with Crippen molar-refractivity contribution in [1.82, 2.24) is 5.43 Å². The summed E-state index contributed by atoms with van der Waals surface area (Å²) in [5.74, 6) is 1.33. The Morgan fingerprint density at radius 1 is 1.16 bits per heavy atom. The SMILES string of the molecule is C=CCOc1ccccc1C=NNC(=O)c1cc(OC)cc(OC)c1. The summed E-state index contributed by atoms with van der Waals surface area (Å²) in [6, 6.07) is 12.3. The van der Waals surface area contributed by atoms with Crippen LogP contribution in [0, 0.1) is 0 Å². The zero-order chi connectivity index (χ0) is 18.1. The van der Waals surface area contributed by atoms with Gasteiger partial charge in [0.25, 0.3) is 5.91 Å². The average Bonchev–Trinajstić information content (AvgIpc) is 2.66. The quantitative estimate of drug-likeness (QED) is 0.456. The standard InChI is InChI=1S/C19H20N2O4/c1-4-9-25-18-8-6-5-7-14(18)13-20-21-19(22)15-10-16(23-2)12-17(11-15)24-3/h4-8,10-13H,1,9H2,2-3H3,(H,21,22). The van der Waals surface area contributed by atoms with Crippen molar-refractivity contribution in [2.75, 3.05) is 20.8 Å². The molecule has 0 atom stereocenters. The van der Waals surface area contributed by atoms with Gasteiger partial charge in [-0.05, 0) is 24.3 Å². The molecule has 0 heterocycles. The number of nitrogens with zero attached hydrogens (tertiary/aromatic N) is 1. The van der Waals surface area contributed by atoms with Crippen LogP contribution < -0.4 is 19.6 Å². The summed E-state index contributed by atoms with van der Waals surface area (Å²) < 4.78 is 15.8. The smallest absolute Gasteiger partial charge is 0.271 e. The summed E-state index contributed by atoms with van der Waals surface area (Å²) in [5, 5.41) is 3.99. The van der Waals surface area contributed by atoms with Gasteiger partial charge in [-0.25, -0.2) is 5.43 Å². The molecule has 0 unspecified atom stereocenters. The molecule has 0 aromatic heterocycles. The minimum Gasteiger partial charge on any atom is -0.497 e. The molecule has 130 valence electrons. The average molecular weight is 340 g/mol. The Morgan fingerprint density at radius 2 is 1.84 bits per heavy atom. The maximum atomic E-state index is 12.2. The van der Waals surface area contributed by atoms with Crippen molar-refractivity contribution in [2.24, 2.45) is 5.10 Å². The lowest BCUT2D eigenvalue weighted by Gasteiger charge is -2.08. The number of amides is 1. The number of carbonyl (C=O) groups is 1. The molecule has 0 fully saturated rings. The molecule has 2 rings (SSSR count). The molecule has 2 aromatic rings. The van der Waals surface area contributed by atoms with E-state index >= 15 is 0 Å². The van der Waals surface area contributed by atoms with Crippen LogP contribution in [0.4, 0.5) is 0 Å². The lowest BCUT2D eigenvalue weighted by Crippen LogP contribution is -2.17. The van der Waals surface area contributed by atoms with Crippen LogP contribution in [0.2, 0.25) is 0 Å². The Morgan fingerprint density at radius 3 is 2.48 bits per heavy atom. The van der Waals surface area contributed by atoms with Crippen molar-refractivity contribution in [3.05, 3.63) is 66.2 Å². The molecule has 6 heteroatoms. The molecule has 0 saturated carbocycles. The van der Waals surface area contributed by atoms with E-state index in [4.69, 9.17) is 14.2 Å². The molecule has 6 nitrogen and oxygen atoms in total. The number of ether oxygens (including phenoxy) is 3. The number of methoxy groups -OCH3 is 2. The first-order valence-corrected chi connectivity index (χ1v) is 7.57. The van der Waals surface area contributed by atoms with E-state index in [1.165, 1.54) is 20.4 Å². The van der Waals surface area contributed by atoms with Gasteiger partial charge in [-0.3, -0.25) is 4.79 Å². The minimum atomic E-state index is -0.377. The van der Waals surface area contributed by atoms with E-state index < -0.39 is 0 Å². The topological polar surface area (TPSA) is 69.2 Å². The highest BCUT2D eigenvalue weighted by Gasteiger charge is 2.09. The summed E-state index contributed by atoms with van der Waals surface area (Å²) >= 11 is 0. The van der Waals surface area contributed by atoms with Crippen molar-refractivity contribution in [3.8, 4) is 17.2 Å². The van der Waals surface area contributed by atoms with Crippen LogP contribution in [0.5, 0.6) is 17.2 Å². The maximum Gasteiger partial charge on any atom is 0.271 e. The highest BCUT2D eigenvalue weighted by molar-refractivity contribution is 5.95. The number of hydrogen-bond donors (Lipinski definition) is 1. The normalized spacial score (nSPS) is 10.3. The molecule has 2 aromatic carbocycles. The molecule has 1 amide bonds. The largest absolute Gasteiger partial charge is 0.497 e. The molecular formula is C19H20N2O4. The Hall–Kier alpha value is -3.28. The van der Waals surface area contributed by atoms with Gasteiger partial charge in [0.1, 0.15) is 23.9 Å². The van der Waals surface area contributed by atoms with Crippen LogP contribution in [0.15, 0.2) is 60.2 Å². The molecular weight excluding hydrogens is 320 g/mol. The van der Waals surface area contributed by atoms with Crippen LogP contribution in [-0.2, 0) is 0 Å². The van der Waals surface area contributed by atoms with E-state index in [0.717, 1.165) is 5.56 Å². The second-order valence-electron chi connectivity index (χ2n) is 4.94. The van der Waals surface area contributed by atoms with Gasteiger partial charge in [0.2, 0.25) is 0 Å². The Balaban J connectivity index is 2.09. The lowest BCUT2D eigenvalue weighted by molar-refractivity contribution is 0.0954. The summed E-state index contributed by atoms with van der Waals surface area (Å²) in [5.41, 5.74) is 3.60. The van der Waals surface area contributed by atoms with Crippen LogP contribution in [0.3, 0.4) is 0 Å². The first-order chi connectivity index (χ1) is 12.2. The summed E-state index contributed by atoms with van der Waals surface area (Å²) in [6.45, 7) is 4.01. The Labute approximate surface area is 146 Å². The Kier molecular flexibility index (Phi) is 6.59. The fraction of sp³-hybridized carbons (Fsp3) is 0.158. The van der Waals surface area contributed by atoms with Gasteiger partial charge >= 0.3 is 0 Å². The zero-order valence-corrected chi connectivity index (χ0v) is 14.2. The van der Waals surface area contributed by atoms with Crippen molar-refractivity contribution < 1.29 is 19.0 Å². The van der Waals surface area contributed by atoms with E-state index in [1.54, 1.807) is 24.3 Å². The lowest BCUT2D eigenvalue weighted by atomic mass is 10.2. The molecule has 0 saturated heterocycles. The highest BCUT2D eigenvalue weighted by atomic mass is 16.5. The molecule has 0 aliphatic carbocycles. The van der Waals surface area contributed by atoms with Crippen molar-refractivity contribution in [2.45, 2.75) is 0 Å². The van der Waals surface area contributed by atoms with E-state index in [2.05, 4.69) is 17.1 Å². The van der Waals surface area contributed by atoms with Crippen molar-refractivity contribution >= 4 is 12.1 Å². The maximum absolute atomic E-state index is 12.2. The summed E-state index contributed by atoms with van der Waals surface area (Å²) in [6.07, 6.45) is 3.18. The number of hydrazone groups is 1. The molecule has 0 radical (unpaired) electrons. The van der Waals surface area contributed by atoms with Gasteiger partial charge in [-0.2, -0.15) is 5.10 Å². The van der Waals surface area contributed by atoms with Crippen molar-refractivity contribution in [3.63, 3.8) is 0 Å². The molecule has 0 aliphatic heterocycles. The monoisotopic (exact) mass is 340 g/mol. The third-order valence-electron chi connectivity index (χ3n) is 3.26. The number of benzene rings is 2. The number of nitrogens with one attached hydrogen (secondary N) is 1. The number of para-hydroxylation sites is 1. The second-order valence-corrected chi connectivity index (χ2v) is 4.94. The van der Waals surface area contributed by atoms with Crippen LogP contribution in [0.25, 0.3) is 0 Å². The van der Waals surface area contributed by atoms with Gasteiger partial charge in [-0.15, -0.1) is 0 Å². The zero-order valence-electron chi connectivity index (χ0n) is 14.2. The number of carbonyl (C=O) groups excluding carboxylic acids is 1. The van der Waals surface area contributed by atoms with E-state index in [0.29, 0.717) is 29.4 Å². The first kappa shape index (κ1) is 18.1. The highest BCUT2D eigenvalue weighted by Crippen LogP contribution is 2.22. The predicted octanol–water partition coefficient (Wildman–Crippen LogP) is 3.03. The fourth-order valence-electron chi connectivity index (χ4n) is 2.03. The Bertz CT molecular complexity index is 750. The first-order valence-electron chi connectivity index (χ1n) is 7.57. The van der Waals surface area contributed by atoms with E-state index in [1.807, 2.05) is 24.3 Å². The van der Waals surface area contributed by atoms with Gasteiger partial charge < -0.3 is 14.2 Å². The molecule has 25 heavy (non-hydrogen) atoms. The van der Waals surface area contributed by atoms with Gasteiger partial charge in [0.05, 0.1) is 20.4 Å². The third-order valence-corrected chi connectivity index (χ3v) is 3.26. The third kappa shape index (κ3) is 5.10. The summed E-state index contributed by atoms with van der Waals surface area (Å²) in [7, 11) is 3.05. The van der Waals surface area contributed by atoms with Crippen LogP contribution in [0.1, 0.15) is 15.9 Å². The second kappa shape index (κ2) is 9.12. The van der Waals surface area contributed by atoms with Gasteiger partial charge in [-0.1, -0.05) is 24.8 Å². The van der Waals surface area contributed by atoms with Crippen LogP contribution in [-0.4, -0.2) is 32.9 Å². The van der Waals surface area contributed by atoms with Crippen molar-refractivity contribution in [1.29, 1.82) is 0 Å². The molecule has 0 bridgehead atoms. The summed E-state index contributed by atoms with van der Waals surface area (Å²) in [4.78, 5) is 12.2. The van der Waals surface area contributed by atoms with E-state index in [9.17, 15) is 4.79 Å². The molecule has 0 aliphatic rings. The fourth-order valence-corrected chi connectivity index (χ4v) is 2.03. The number of hydrogen-bond acceptors (Lipinski definition) is 5. The molecule has 0 spiro atoms. The van der Waals surface area contributed by atoms with Gasteiger partial charge in [0.15, 0.2) is 0 Å². The van der Waals surface area contributed by atoms with Gasteiger partial charge in [0, 0.05) is 17.2 Å².